The monoisotopic (exact) mass is 801 g/mol. The number of rotatable bonds is 10. The van der Waals surface area contributed by atoms with Gasteiger partial charge >= 0.3 is 5.97 Å². The van der Waals surface area contributed by atoms with Crippen LogP contribution in [-0.4, -0.2) is 84.4 Å². The molecule has 15 heteroatoms. The number of methoxy groups -OCH3 is 1. The fraction of sp³-hybridized carbons (Fsp3) is 0.634. The Morgan fingerprint density at radius 2 is 1.79 bits per heavy atom. The summed E-state index contributed by atoms with van der Waals surface area (Å²) in [5.41, 5.74) is -3.47. The third-order valence-electron chi connectivity index (χ3n) is 12.1. The molecule has 1 N–H and O–H groups in total. The highest BCUT2D eigenvalue weighted by Crippen LogP contribution is 2.57. The molecule has 1 aromatic heterocycles. The number of nitrogens with zero attached hydrogens (tertiary/aromatic N) is 2. The molecule has 7 atom stereocenters. The Bertz CT molecular complexity index is 2000. The summed E-state index contributed by atoms with van der Waals surface area (Å²) in [7, 11) is -2.43. The van der Waals surface area contributed by atoms with E-state index in [-0.39, 0.29) is 43.5 Å². The third-order valence-corrected chi connectivity index (χ3v) is 14.0. The molecule has 0 bridgehead atoms. The minimum Gasteiger partial charge on any atom is -0.481 e. The minimum atomic E-state index is -3.91. The number of fused-ring (bicyclic) bond motifs is 3. The largest absolute Gasteiger partial charge is 0.481 e. The number of amides is 2. The van der Waals surface area contributed by atoms with Crippen LogP contribution in [0.1, 0.15) is 92.4 Å². The van der Waals surface area contributed by atoms with E-state index in [9.17, 15) is 36.4 Å². The molecular weight excluding hydrogens is 749 g/mol. The van der Waals surface area contributed by atoms with Crippen LogP contribution in [0.3, 0.4) is 0 Å². The van der Waals surface area contributed by atoms with Gasteiger partial charge in [-0.2, -0.15) is 4.98 Å². The molecule has 2 amide bonds. The summed E-state index contributed by atoms with van der Waals surface area (Å²) in [5, 5.41) is 0.824. The molecule has 2 aliphatic heterocycles. The average molecular weight is 802 g/mol. The first kappa shape index (κ1) is 41.5. The van der Waals surface area contributed by atoms with Crippen molar-refractivity contribution >= 4 is 44.4 Å². The molecule has 2 aromatic rings. The number of ketones is 1. The SMILES string of the molecule is COc1cc2ccccc2c(O[C@@H]2C[C@H]3C(=O)C[C@]4(C(=O)NS(=O)(=O)C5CC5)C[C@H]4/C=C\CC[C@H](C)C[C@@H](C)[C@H](CC(=O)OC(C)(C)C(C)(F)F)C(=O)N3C2)n1. The second-order valence-corrected chi connectivity index (χ2v) is 18.9. The molecule has 0 spiro atoms. The normalized spacial score (nSPS) is 29.7. The number of Topliss-reactive ketones (excluding diaryl/α,β-unsaturated/α-hetero) is 1. The second kappa shape index (κ2) is 15.7. The number of carbonyl (C=O) groups excluding carboxylic acids is 4. The Balaban J connectivity index is 1.36. The molecule has 6 rings (SSSR count). The Labute approximate surface area is 327 Å². The number of halogens is 2. The van der Waals surface area contributed by atoms with Gasteiger partial charge in [0.1, 0.15) is 6.10 Å². The Kier molecular flexibility index (Phi) is 11.6. The zero-order valence-corrected chi connectivity index (χ0v) is 33.7. The Morgan fingerprint density at radius 3 is 2.46 bits per heavy atom. The maximum absolute atomic E-state index is 14.9. The third kappa shape index (κ3) is 8.87. The van der Waals surface area contributed by atoms with Gasteiger partial charge in [0, 0.05) is 31.2 Å². The summed E-state index contributed by atoms with van der Waals surface area (Å²) in [5.74, 6) is -7.28. The summed E-state index contributed by atoms with van der Waals surface area (Å²) >= 11 is 0. The number of hydrogen-bond donors (Lipinski definition) is 1. The van der Waals surface area contributed by atoms with Gasteiger partial charge in [0.2, 0.25) is 33.6 Å². The van der Waals surface area contributed by atoms with Crippen LogP contribution in [0.5, 0.6) is 11.8 Å². The van der Waals surface area contributed by atoms with Crippen molar-refractivity contribution in [1.29, 1.82) is 0 Å². The molecule has 1 saturated heterocycles. The van der Waals surface area contributed by atoms with Gasteiger partial charge in [0.25, 0.3) is 5.92 Å². The van der Waals surface area contributed by atoms with E-state index in [1.807, 2.05) is 50.3 Å². The van der Waals surface area contributed by atoms with Gasteiger partial charge in [-0.25, -0.2) is 17.2 Å². The topological polar surface area (TPSA) is 158 Å². The maximum Gasteiger partial charge on any atom is 0.307 e. The minimum absolute atomic E-state index is 0.0212. The summed E-state index contributed by atoms with van der Waals surface area (Å²) < 4.78 is 74.1. The van der Waals surface area contributed by atoms with Crippen LogP contribution in [0.25, 0.3) is 10.8 Å². The number of hydrogen-bond acceptors (Lipinski definition) is 10. The molecule has 3 heterocycles. The van der Waals surface area contributed by atoms with Crippen LogP contribution < -0.4 is 14.2 Å². The molecule has 2 saturated carbocycles. The van der Waals surface area contributed by atoms with Gasteiger partial charge in [-0.1, -0.05) is 44.2 Å². The van der Waals surface area contributed by atoms with E-state index in [1.54, 1.807) is 6.07 Å². The van der Waals surface area contributed by atoms with Gasteiger partial charge in [-0.3, -0.25) is 23.9 Å². The van der Waals surface area contributed by atoms with E-state index in [2.05, 4.69) is 9.71 Å². The van der Waals surface area contributed by atoms with Crippen LogP contribution in [0, 0.1) is 29.1 Å². The first-order valence-corrected chi connectivity index (χ1v) is 21.1. The van der Waals surface area contributed by atoms with E-state index in [0.29, 0.717) is 50.3 Å². The first-order valence-electron chi connectivity index (χ1n) is 19.5. The number of carbonyl (C=O) groups is 4. The lowest BCUT2D eigenvalue weighted by atomic mass is 9.82. The summed E-state index contributed by atoms with van der Waals surface area (Å²) in [6, 6.07) is 8.02. The van der Waals surface area contributed by atoms with Gasteiger partial charge < -0.3 is 19.1 Å². The number of benzene rings is 1. The molecule has 0 unspecified atom stereocenters. The quantitative estimate of drug-likeness (QED) is 0.218. The fourth-order valence-electron chi connectivity index (χ4n) is 8.08. The molecule has 2 aliphatic carbocycles. The predicted octanol–water partition coefficient (Wildman–Crippen LogP) is 6.16. The lowest BCUT2D eigenvalue weighted by Gasteiger charge is -2.34. The van der Waals surface area contributed by atoms with Crippen molar-refractivity contribution in [2.24, 2.45) is 29.1 Å². The van der Waals surface area contributed by atoms with Crippen LogP contribution in [0.4, 0.5) is 8.78 Å². The molecule has 3 fully saturated rings. The molecule has 306 valence electrons. The van der Waals surface area contributed by atoms with Crippen LogP contribution >= 0.6 is 0 Å². The van der Waals surface area contributed by atoms with Gasteiger partial charge in [-0.05, 0) is 81.6 Å². The van der Waals surface area contributed by atoms with Crippen molar-refractivity contribution in [2.75, 3.05) is 13.7 Å². The number of nitrogens with one attached hydrogen (secondary N) is 1. The van der Waals surface area contributed by atoms with E-state index < -0.39 is 86.2 Å². The number of sulfonamides is 1. The zero-order valence-electron chi connectivity index (χ0n) is 32.9. The van der Waals surface area contributed by atoms with Crippen molar-refractivity contribution in [3.8, 4) is 11.8 Å². The van der Waals surface area contributed by atoms with E-state index in [0.717, 1.165) is 19.2 Å². The Hall–Kier alpha value is -4.14. The smallest absolute Gasteiger partial charge is 0.307 e. The van der Waals surface area contributed by atoms with Crippen molar-refractivity contribution in [2.45, 2.75) is 121 Å². The van der Waals surface area contributed by atoms with Crippen LogP contribution in [0.2, 0.25) is 0 Å². The lowest BCUT2D eigenvalue weighted by Crippen LogP contribution is -2.48. The number of pyridine rings is 1. The van der Waals surface area contributed by atoms with Gasteiger partial charge in [0.15, 0.2) is 11.4 Å². The molecule has 4 aliphatic rings. The van der Waals surface area contributed by atoms with Crippen molar-refractivity contribution in [3.05, 3.63) is 42.5 Å². The standard InChI is InChI=1S/C41H53F2N3O9S/c1-24-11-7-9-13-27-21-41(27,38(50)45-56(51,52)29-15-16-29)22-33(47)32-19-28(54-36-30-14-10-8-12-26(30)18-34(44-36)53-6)23-46(32)37(49)31(25(2)17-24)20-35(48)55-39(3,4)40(5,42)43/h8-10,12-14,18,24-25,27-29,31-32H,7,11,15-17,19-23H2,1-6H3,(H,45,50)/b13-9-/t24-,25+,27+,28+,31-,32-,41+/m0/s1. The molecule has 56 heavy (non-hydrogen) atoms. The molecule has 0 radical (unpaired) electrons. The molecule has 1 aromatic carbocycles. The number of ether oxygens (including phenoxy) is 3. The lowest BCUT2D eigenvalue weighted by molar-refractivity contribution is -0.197. The van der Waals surface area contributed by atoms with Crippen LogP contribution in [-0.2, 0) is 33.9 Å². The van der Waals surface area contributed by atoms with Crippen molar-refractivity contribution in [3.63, 3.8) is 0 Å². The van der Waals surface area contributed by atoms with E-state index in [4.69, 9.17) is 14.2 Å². The van der Waals surface area contributed by atoms with Gasteiger partial charge in [0.05, 0.1) is 42.7 Å². The number of esters is 1. The second-order valence-electron chi connectivity index (χ2n) is 17.0. The average Bonchev–Trinajstić information content (AvgIpc) is 4.04. The predicted molar refractivity (Wildman–Crippen MR) is 203 cm³/mol. The maximum atomic E-state index is 14.9. The first-order chi connectivity index (χ1) is 26.2. The fourth-order valence-corrected chi connectivity index (χ4v) is 9.46. The van der Waals surface area contributed by atoms with Crippen molar-refractivity contribution < 1.29 is 50.6 Å². The van der Waals surface area contributed by atoms with Gasteiger partial charge in [-0.15, -0.1) is 0 Å². The van der Waals surface area contributed by atoms with Crippen molar-refractivity contribution in [1.82, 2.24) is 14.6 Å². The van der Waals surface area contributed by atoms with Crippen LogP contribution in [0.15, 0.2) is 42.5 Å². The molecular formula is C41H53F2N3O9S. The summed E-state index contributed by atoms with van der Waals surface area (Å²) in [6.07, 6.45) is 5.33. The number of allylic oxidation sites excluding steroid dienone is 2. The van der Waals surface area contributed by atoms with E-state index >= 15 is 0 Å². The summed E-state index contributed by atoms with van der Waals surface area (Å²) in [4.78, 5) is 62.6. The van der Waals surface area contributed by atoms with E-state index in [1.165, 1.54) is 12.0 Å². The zero-order chi connectivity index (χ0) is 40.8. The highest BCUT2D eigenvalue weighted by molar-refractivity contribution is 7.90. The number of alkyl halides is 2. The Morgan fingerprint density at radius 1 is 1.07 bits per heavy atom. The molecule has 12 nitrogen and oxygen atoms in total. The number of aromatic nitrogens is 1. The highest BCUT2D eigenvalue weighted by atomic mass is 32.2. The highest BCUT2D eigenvalue weighted by Gasteiger charge is 2.62. The summed E-state index contributed by atoms with van der Waals surface area (Å²) in [6.45, 7) is 6.67.